The predicted octanol–water partition coefficient (Wildman–Crippen LogP) is 1.18. The van der Waals surface area contributed by atoms with Crippen LogP contribution in [0.15, 0.2) is 18.2 Å². The van der Waals surface area contributed by atoms with Crippen LogP contribution in [0.1, 0.15) is 0 Å². The molecule has 0 atom stereocenters. The van der Waals surface area contributed by atoms with Crippen molar-refractivity contribution in [3.8, 4) is 5.88 Å². The number of rotatable bonds is 2. The predicted molar refractivity (Wildman–Crippen MR) is 42.4 cm³/mol. The van der Waals surface area contributed by atoms with Crippen LogP contribution >= 0.6 is 0 Å². The molecule has 12 heavy (non-hydrogen) atoms. The molecular formula is C7H8N2O3. The van der Waals surface area contributed by atoms with Gasteiger partial charge in [-0.2, -0.15) is 4.98 Å². The molecule has 1 aromatic rings. The fraction of sp³-hybridized carbons (Fsp3) is 0.143. The molecule has 0 fully saturated rings. The normalized spacial score (nSPS) is 9.08. The number of anilines is 1. The number of carbonyl (C=O) groups is 1. The Bertz CT molecular complexity index is 288. The fourth-order valence-electron chi connectivity index (χ4n) is 0.708. The highest BCUT2D eigenvalue weighted by Crippen LogP contribution is 2.09. The summed E-state index contributed by atoms with van der Waals surface area (Å²) in [6.45, 7) is 0. The number of carboxylic acid groups (broad SMARTS) is 1. The highest BCUT2D eigenvalue weighted by molar-refractivity contribution is 5.81. The van der Waals surface area contributed by atoms with Crippen LogP contribution in [0.3, 0.4) is 0 Å². The van der Waals surface area contributed by atoms with Crippen molar-refractivity contribution in [3.05, 3.63) is 18.2 Å². The van der Waals surface area contributed by atoms with Gasteiger partial charge >= 0.3 is 6.09 Å². The summed E-state index contributed by atoms with van der Waals surface area (Å²) in [4.78, 5) is 14.0. The number of amides is 1. The highest BCUT2D eigenvalue weighted by Gasteiger charge is 1.99. The Morgan fingerprint density at radius 3 is 3.00 bits per heavy atom. The van der Waals surface area contributed by atoms with Crippen LogP contribution in [-0.2, 0) is 0 Å². The maximum atomic E-state index is 10.2. The molecule has 1 heterocycles. The van der Waals surface area contributed by atoms with E-state index in [1.54, 1.807) is 12.1 Å². The Morgan fingerprint density at radius 2 is 2.42 bits per heavy atom. The molecule has 64 valence electrons. The summed E-state index contributed by atoms with van der Waals surface area (Å²) in [5.41, 5.74) is 0. The molecular weight excluding hydrogens is 160 g/mol. The summed E-state index contributed by atoms with van der Waals surface area (Å²) < 4.78 is 4.79. The van der Waals surface area contributed by atoms with Crippen LogP contribution in [0.25, 0.3) is 0 Å². The number of nitrogens with zero attached hydrogens (tertiary/aromatic N) is 1. The lowest BCUT2D eigenvalue weighted by atomic mass is 10.4. The van der Waals surface area contributed by atoms with Gasteiger partial charge in [0.1, 0.15) is 5.82 Å². The van der Waals surface area contributed by atoms with Crippen LogP contribution < -0.4 is 10.1 Å². The first kappa shape index (κ1) is 8.32. The maximum Gasteiger partial charge on any atom is 0.410 e. The zero-order valence-electron chi connectivity index (χ0n) is 6.44. The van der Waals surface area contributed by atoms with Crippen molar-refractivity contribution >= 4 is 11.9 Å². The van der Waals surface area contributed by atoms with Crippen LogP contribution in [0.4, 0.5) is 10.6 Å². The van der Waals surface area contributed by atoms with Crippen molar-refractivity contribution in [3.63, 3.8) is 0 Å². The molecule has 0 bridgehead atoms. The first-order chi connectivity index (χ1) is 5.72. The smallest absolute Gasteiger partial charge is 0.410 e. The third-order valence-electron chi connectivity index (χ3n) is 1.17. The number of nitrogens with one attached hydrogen (secondary N) is 1. The lowest BCUT2D eigenvalue weighted by Gasteiger charge is -2.01. The number of hydrogen-bond donors (Lipinski definition) is 2. The first-order valence-electron chi connectivity index (χ1n) is 3.23. The molecule has 0 saturated carbocycles. The Kier molecular flexibility index (Phi) is 2.47. The molecule has 0 spiro atoms. The van der Waals surface area contributed by atoms with Gasteiger partial charge in [-0.05, 0) is 6.07 Å². The molecule has 0 aliphatic carbocycles. The minimum absolute atomic E-state index is 0.252. The first-order valence-corrected chi connectivity index (χ1v) is 3.23. The molecule has 5 heteroatoms. The van der Waals surface area contributed by atoms with Gasteiger partial charge in [0.15, 0.2) is 0 Å². The summed E-state index contributed by atoms with van der Waals surface area (Å²) in [7, 11) is 1.47. The van der Waals surface area contributed by atoms with Gasteiger partial charge in [0, 0.05) is 6.07 Å². The summed E-state index contributed by atoms with van der Waals surface area (Å²) >= 11 is 0. The van der Waals surface area contributed by atoms with Gasteiger partial charge < -0.3 is 9.84 Å². The Morgan fingerprint density at radius 1 is 1.67 bits per heavy atom. The van der Waals surface area contributed by atoms with Crippen molar-refractivity contribution in [1.82, 2.24) is 4.98 Å². The monoisotopic (exact) mass is 168 g/mol. The number of aromatic nitrogens is 1. The van der Waals surface area contributed by atoms with Crippen molar-refractivity contribution in [2.45, 2.75) is 0 Å². The van der Waals surface area contributed by atoms with E-state index in [0.29, 0.717) is 5.88 Å². The van der Waals surface area contributed by atoms with Crippen molar-refractivity contribution in [1.29, 1.82) is 0 Å². The maximum absolute atomic E-state index is 10.2. The molecule has 1 amide bonds. The van der Waals surface area contributed by atoms with Crippen LogP contribution in [-0.4, -0.2) is 23.3 Å². The lowest BCUT2D eigenvalue weighted by molar-refractivity contribution is 0.209. The van der Waals surface area contributed by atoms with Gasteiger partial charge in [0.2, 0.25) is 5.88 Å². The highest BCUT2D eigenvalue weighted by atomic mass is 16.5. The summed E-state index contributed by atoms with van der Waals surface area (Å²) in [5.74, 6) is 0.628. The number of ether oxygens (including phenoxy) is 1. The van der Waals surface area contributed by atoms with Gasteiger partial charge in [-0.3, -0.25) is 5.32 Å². The fourth-order valence-corrected chi connectivity index (χ4v) is 0.708. The summed E-state index contributed by atoms with van der Waals surface area (Å²) in [5, 5.41) is 10.4. The van der Waals surface area contributed by atoms with Crippen molar-refractivity contribution in [2.75, 3.05) is 12.4 Å². The number of pyridine rings is 1. The second-order valence-corrected chi connectivity index (χ2v) is 2.00. The minimum Gasteiger partial charge on any atom is -0.481 e. The summed E-state index contributed by atoms with van der Waals surface area (Å²) in [6, 6.07) is 4.82. The molecule has 0 saturated heterocycles. The van der Waals surface area contributed by atoms with E-state index in [1.807, 2.05) is 0 Å². The van der Waals surface area contributed by atoms with E-state index in [1.165, 1.54) is 13.2 Å². The van der Waals surface area contributed by atoms with Crippen LogP contribution in [0.5, 0.6) is 5.88 Å². The van der Waals surface area contributed by atoms with E-state index in [-0.39, 0.29) is 5.82 Å². The number of methoxy groups -OCH3 is 1. The third-order valence-corrected chi connectivity index (χ3v) is 1.17. The van der Waals surface area contributed by atoms with Gasteiger partial charge in [-0.25, -0.2) is 4.79 Å². The second-order valence-electron chi connectivity index (χ2n) is 2.00. The Labute approximate surface area is 69.0 Å². The van der Waals surface area contributed by atoms with Gasteiger partial charge in [-0.1, -0.05) is 6.07 Å². The average molecular weight is 168 g/mol. The SMILES string of the molecule is COc1cccc(NC(=O)O)n1. The average Bonchev–Trinajstić information content (AvgIpc) is 2.03. The van der Waals surface area contributed by atoms with E-state index in [9.17, 15) is 4.79 Å². The zero-order valence-corrected chi connectivity index (χ0v) is 6.44. The van der Waals surface area contributed by atoms with Gasteiger partial charge in [0.25, 0.3) is 0 Å². The molecule has 0 aliphatic heterocycles. The quantitative estimate of drug-likeness (QED) is 0.695. The van der Waals surface area contributed by atoms with Crippen LogP contribution in [0.2, 0.25) is 0 Å². The van der Waals surface area contributed by atoms with E-state index >= 15 is 0 Å². The largest absolute Gasteiger partial charge is 0.481 e. The third kappa shape index (κ3) is 2.12. The molecule has 1 aromatic heterocycles. The summed E-state index contributed by atoms with van der Waals surface area (Å²) in [6.07, 6.45) is -1.14. The van der Waals surface area contributed by atoms with E-state index in [4.69, 9.17) is 9.84 Å². The molecule has 0 aromatic carbocycles. The molecule has 0 unspecified atom stereocenters. The second kappa shape index (κ2) is 3.56. The molecule has 1 rings (SSSR count). The topological polar surface area (TPSA) is 71.5 Å². The van der Waals surface area contributed by atoms with Crippen molar-refractivity contribution < 1.29 is 14.6 Å². The molecule has 0 radical (unpaired) electrons. The van der Waals surface area contributed by atoms with Crippen molar-refractivity contribution in [2.24, 2.45) is 0 Å². The lowest BCUT2D eigenvalue weighted by Crippen LogP contribution is -2.08. The Hall–Kier alpha value is -1.78. The Balaban J connectivity index is 2.79. The number of hydrogen-bond acceptors (Lipinski definition) is 3. The van der Waals surface area contributed by atoms with E-state index < -0.39 is 6.09 Å². The zero-order chi connectivity index (χ0) is 8.97. The molecule has 5 nitrogen and oxygen atoms in total. The minimum atomic E-state index is -1.14. The van der Waals surface area contributed by atoms with E-state index in [2.05, 4.69) is 10.3 Å². The van der Waals surface area contributed by atoms with Crippen LogP contribution in [0, 0.1) is 0 Å². The standard InChI is InChI=1S/C7H8N2O3/c1-12-6-4-2-3-5(8-6)9-7(10)11/h2-4H,1H3,(H,8,9)(H,10,11). The van der Waals surface area contributed by atoms with Gasteiger partial charge in [0.05, 0.1) is 7.11 Å². The van der Waals surface area contributed by atoms with Gasteiger partial charge in [-0.15, -0.1) is 0 Å². The van der Waals surface area contributed by atoms with E-state index in [0.717, 1.165) is 0 Å². The molecule has 2 N–H and O–H groups in total. The molecule has 0 aliphatic rings.